The van der Waals surface area contributed by atoms with Gasteiger partial charge in [0.2, 0.25) is 5.78 Å². The molecule has 7 rings (SSSR count). The van der Waals surface area contributed by atoms with E-state index in [0.29, 0.717) is 24.3 Å². The SMILES string of the molecule is CN(Cc1cc(O)c2c(c1C(F)(F)F)C[C@H]1C[C@H]3[C@H](N(C)C)C(=O)C(C(N)=O)=C(O)[C@@]3(O)C(=O)C1=C2O)C[C@H]1CCC2CC1C2(C)C. The molecule has 1 amide bonds. The molecular weight excluding hydrogens is 619 g/mol. The van der Waals surface area contributed by atoms with Gasteiger partial charge in [0.15, 0.2) is 11.4 Å². The number of ketones is 2. The molecule has 1 aromatic carbocycles. The van der Waals surface area contributed by atoms with Gasteiger partial charge in [0.1, 0.15) is 22.8 Å². The average Bonchev–Trinajstić information content (AvgIpc) is 2.93. The van der Waals surface area contributed by atoms with Crippen molar-refractivity contribution in [3.8, 4) is 5.75 Å². The number of nitrogens with two attached hydrogens (primary N) is 1. The molecule has 4 saturated carbocycles. The monoisotopic (exact) mass is 661 g/mol. The number of aromatic hydroxyl groups is 1. The van der Waals surface area contributed by atoms with Crippen molar-refractivity contribution >= 4 is 23.2 Å². The molecule has 4 fully saturated rings. The van der Waals surface area contributed by atoms with Crippen LogP contribution in [0.3, 0.4) is 0 Å². The number of halogens is 3. The molecule has 0 aromatic heterocycles. The second kappa shape index (κ2) is 10.8. The van der Waals surface area contributed by atoms with E-state index in [1.807, 2.05) is 4.90 Å². The number of alkyl halides is 3. The molecule has 10 nitrogen and oxygen atoms in total. The standard InChI is InChI=1S/C34H42F3N3O7/c1-32(2)17-7-6-14(19(32)11-17)12-40(5)13-16-10-21(41)23-18(25(16)34(35,36)37)8-15-9-20-26(39(3)4)28(43)24(31(38)46)30(45)33(20,47)29(44)22(15)27(23)42/h10,14-15,17,19-20,26,41-42,45,47H,6-9,11-13H2,1-5H3,(H2,38,46)/t14-,15+,17?,19?,20+,26+,33+/m1/s1. The number of phenols is 1. The van der Waals surface area contributed by atoms with Gasteiger partial charge in [0.25, 0.3) is 5.91 Å². The highest BCUT2D eigenvalue weighted by molar-refractivity contribution is 6.24. The Morgan fingerprint density at radius 3 is 2.28 bits per heavy atom. The third kappa shape index (κ3) is 4.74. The number of hydrogen-bond donors (Lipinski definition) is 5. The topological polar surface area (TPSA) is 165 Å². The van der Waals surface area contributed by atoms with Gasteiger partial charge in [-0.25, -0.2) is 0 Å². The number of aliphatic hydroxyl groups is 3. The van der Waals surface area contributed by atoms with Crippen molar-refractivity contribution in [2.24, 2.45) is 40.7 Å². The molecule has 1 aromatic rings. The van der Waals surface area contributed by atoms with Crippen molar-refractivity contribution < 1.29 is 48.0 Å². The number of likely N-dealkylation sites (N-methyl/N-ethyl adjacent to an activating group) is 1. The molecule has 0 aliphatic heterocycles. The number of Topliss-reactive ketones (excluding diaryl/α,β-unsaturated/α-hetero) is 2. The van der Waals surface area contributed by atoms with E-state index in [9.17, 15) is 48.0 Å². The summed E-state index contributed by atoms with van der Waals surface area (Å²) in [7, 11) is 4.66. The molecule has 47 heavy (non-hydrogen) atoms. The van der Waals surface area contributed by atoms with Gasteiger partial charge in [0.05, 0.1) is 17.2 Å². The number of carbonyl (C=O) groups excluding carboxylic acids is 3. The van der Waals surface area contributed by atoms with E-state index >= 15 is 0 Å². The van der Waals surface area contributed by atoms with E-state index in [2.05, 4.69) is 13.8 Å². The Balaban J connectivity index is 1.42. The van der Waals surface area contributed by atoms with Gasteiger partial charge in [-0.2, -0.15) is 13.2 Å². The summed E-state index contributed by atoms with van der Waals surface area (Å²) < 4.78 is 44.9. The molecule has 7 atom stereocenters. The Morgan fingerprint density at radius 2 is 1.72 bits per heavy atom. The fourth-order valence-corrected chi connectivity index (χ4v) is 9.80. The molecule has 0 radical (unpaired) electrons. The highest BCUT2D eigenvalue weighted by Crippen LogP contribution is 2.61. The van der Waals surface area contributed by atoms with Gasteiger partial charge in [-0.15, -0.1) is 0 Å². The summed E-state index contributed by atoms with van der Waals surface area (Å²) in [5.41, 5.74) is -0.920. The number of phenolic OH excluding ortho intramolecular Hbond substituents is 1. The van der Waals surface area contributed by atoms with Crippen LogP contribution in [0.15, 0.2) is 23.0 Å². The quantitative estimate of drug-likeness (QED) is 0.287. The van der Waals surface area contributed by atoms with Gasteiger partial charge in [0, 0.05) is 24.6 Å². The highest BCUT2D eigenvalue weighted by atomic mass is 19.4. The summed E-state index contributed by atoms with van der Waals surface area (Å²) in [6.45, 7) is 4.99. The van der Waals surface area contributed by atoms with Gasteiger partial charge < -0.3 is 31.1 Å². The zero-order valence-electron chi connectivity index (χ0n) is 27.1. The molecule has 2 bridgehead atoms. The minimum Gasteiger partial charge on any atom is -0.508 e. The van der Waals surface area contributed by atoms with Crippen LogP contribution < -0.4 is 5.73 Å². The number of primary amides is 1. The van der Waals surface area contributed by atoms with E-state index in [-0.39, 0.29) is 29.5 Å². The van der Waals surface area contributed by atoms with Crippen LogP contribution in [-0.2, 0) is 33.5 Å². The molecule has 2 unspecified atom stereocenters. The summed E-state index contributed by atoms with van der Waals surface area (Å²) in [5, 5.41) is 45.2. The lowest BCUT2D eigenvalue weighted by Crippen LogP contribution is -2.65. The summed E-state index contributed by atoms with van der Waals surface area (Å²) in [5.74, 6) is -7.43. The Kier molecular flexibility index (Phi) is 7.69. The van der Waals surface area contributed by atoms with Gasteiger partial charge in [-0.05, 0) is 99.5 Å². The summed E-state index contributed by atoms with van der Waals surface area (Å²) in [6, 6.07) is -0.368. The van der Waals surface area contributed by atoms with Crippen LogP contribution in [0.1, 0.15) is 61.8 Å². The maximum Gasteiger partial charge on any atom is 0.417 e. The van der Waals surface area contributed by atoms with E-state index in [0.717, 1.165) is 25.3 Å². The minimum absolute atomic E-state index is 0.113. The lowest BCUT2D eigenvalue weighted by Gasteiger charge is -2.60. The molecule has 13 heteroatoms. The van der Waals surface area contributed by atoms with Crippen LogP contribution in [0, 0.1) is 35.0 Å². The Morgan fingerprint density at radius 1 is 1.06 bits per heavy atom. The maximum absolute atomic E-state index is 15.0. The first kappa shape index (κ1) is 33.5. The fourth-order valence-electron chi connectivity index (χ4n) is 9.80. The second-order valence-corrected chi connectivity index (χ2v) is 15.1. The van der Waals surface area contributed by atoms with Crippen LogP contribution >= 0.6 is 0 Å². The lowest BCUT2D eigenvalue weighted by molar-refractivity contribution is -0.153. The van der Waals surface area contributed by atoms with Crippen LogP contribution in [0.25, 0.3) is 5.76 Å². The van der Waals surface area contributed by atoms with Crippen LogP contribution in [-0.4, -0.2) is 87.0 Å². The Hall–Kier alpha value is -3.42. The van der Waals surface area contributed by atoms with E-state index in [4.69, 9.17) is 5.73 Å². The largest absolute Gasteiger partial charge is 0.508 e. The zero-order chi connectivity index (χ0) is 34.7. The first-order valence-corrected chi connectivity index (χ1v) is 16.0. The van der Waals surface area contributed by atoms with Crippen molar-refractivity contribution in [1.82, 2.24) is 9.80 Å². The zero-order valence-corrected chi connectivity index (χ0v) is 27.1. The van der Waals surface area contributed by atoms with E-state index < -0.39 is 93.1 Å². The fraction of sp³-hybridized carbons (Fsp3) is 0.618. The van der Waals surface area contributed by atoms with Crippen molar-refractivity contribution in [2.45, 2.75) is 70.3 Å². The van der Waals surface area contributed by atoms with E-state index in [1.54, 1.807) is 7.05 Å². The van der Waals surface area contributed by atoms with Crippen molar-refractivity contribution in [2.75, 3.05) is 27.7 Å². The first-order chi connectivity index (χ1) is 21.7. The molecule has 6 aliphatic carbocycles. The van der Waals surface area contributed by atoms with Gasteiger partial charge in [-0.1, -0.05) is 13.8 Å². The van der Waals surface area contributed by atoms with Gasteiger partial charge >= 0.3 is 6.18 Å². The lowest BCUT2D eigenvalue weighted by atomic mass is 9.45. The number of benzene rings is 1. The normalized spacial score (nSPS) is 33.1. The molecule has 0 heterocycles. The maximum atomic E-state index is 15.0. The predicted octanol–water partition coefficient (Wildman–Crippen LogP) is 3.49. The number of rotatable bonds is 6. The third-order valence-corrected chi connectivity index (χ3v) is 12.1. The molecule has 6 N–H and O–H groups in total. The number of fused-ring (bicyclic) bond motifs is 5. The smallest absolute Gasteiger partial charge is 0.417 e. The predicted molar refractivity (Wildman–Crippen MR) is 164 cm³/mol. The number of hydrogen-bond acceptors (Lipinski definition) is 9. The Bertz CT molecular complexity index is 1650. The molecule has 0 spiro atoms. The molecule has 0 saturated heterocycles. The number of nitrogens with zero attached hydrogens (tertiary/aromatic N) is 2. The number of carbonyl (C=O) groups is 3. The molecule has 256 valence electrons. The highest BCUT2D eigenvalue weighted by Gasteiger charge is 2.64. The van der Waals surface area contributed by atoms with E-state index in [1.165, 1.54) is 19.0 Å². The minimum atomic E-state index is -4.89. The average molecular weight is 662 g/mol. The molecular formula is C34H42F3N3O7. The van der Waals surface area contributed by atoms with Crippen LogP contribution in [0.4, 0.5) is 13.2 Å². The first-order valence-electron chi connectivity index (χ1n) is 16.0. The second-order valence-electron chi connectivity index (χ2n) is 15.1. The van der Waals surface area contributed by atoms with Crippen molar-refractivity contribution in [1.29, 1.82) is 0 Å². The van der Waals surface area contributed by atoms with Crippen molar-refractivity contribution in [3.05, 3.63) is 45.2 Å². The number of aliphatic hydroxyl groups excluding tert-OH is 2. The summed E-state index contributed by atoms with van der Waals surface area (Å²) >= 11 is 0. The number of amides is 1. The Labute approximate surface area is 270 Å². The van der Waals surface area contributed by atoms with Crippen LogP contribution in [0.5, 0.6) is 5.75 Å². The van der Waals surface area contributed by atoms with Crippen molar-refractivity contribution in [3.63, 3.8) is 0 Å². The molecule has 6 aliphatic rings. The van der Waals surface area contributed by atoms with Crippen LogP contribution in [0.2, 0.25) is 0 Å². The third-order valence-electron chi connectivity index (χ3n) is 12.1. The van der Waals surface area contributed by atoms with Gasteiger partial charge in [-0.3, -0.25) is 19.3 Å². The summed E-state index contributed by atoms with van der Waals surface area (Å²) in [6.07, 6.45) is -2.39. The summed E-state index contributed by atoms with van der Waals surface area (Å²) in [4.78, 5) is 42.6.